The maximum atomic E-state index is 12.6. The first-order valence-electron chi connectivity index (χ1n) is 9.61. The Balaban J connectivity index is 1.33. The van der Waals surface area contributed by atoms with Crippen LogP contribution in [0, 0.1) is 5.92 Å². The van der Waals surface area contributed by atoms with Crippen molar-refractivity contribution in [3.8, 4) is 5.75 Å². The van der Waals surface area contributed by atoms with Gasteiger partial charge in [0.05, 0.1) is 17.9 Å². The highest BCUT2D eigenvalue weighted by Crippen LogP contribution is 2.47. The molecule has 4 rings (SSSR count). The number of aromatic nitrogens is 2. The van der Waals surface area contributed by atoms with Crippen molar-refractivity contribution in [2.24, 2.45) is 5.92 Å². The molecule has 1 N–H and O–H groups in total. The molecule has 3 atom stereocenters. The molecule has 3 aromatic rings. The van der Waals surface area contributed by atoms with Gasteiger partial charge in [-0.15, -0.1) is 0 Å². The summed E-state index contributed by atoms with van der Waals surface area (Å²) in [7, 11) is 0. The monoisotopic (exact) mass is 415 g/mol. The largest absolute Gasteiger partial charge is 0.483 e. The second-order valence-electron chi connectivity index (χ2n) is 7.46. The molecule has 1 fully saturated rings. The van der Waals surface area contributed by atoms with E-state index >= 15 is 0 Å². The predicted molar refractivity (Wildman–Crippen MR) is 105 cm³/mol. The van der Waals surface area contributed by atoms with Gasteiger partial charge in [0.1, 0.15) is 5.75 Å². The zero-order chi connectivity index (χ0) is 21.3. The normalized spacial score (nSPS) is 19.3. The Kier molecular flexibility index (Phi) is 5.32. The molecule has 0 radical (unpaired) electrons. The highest BCUT2D eigenvalue weighted by Gasteiger charge is 2.45. The third-order valence-electron chi connectivity index (χ3n) is 5.12. The predicted octanol–water partition coefficient (Wildman–Crippen LogP) is 4.55. The SMILES string of the molecule is C[C@@H](NC(=O)C1CC1c1cc2ccccc2cn1)c1ccc(OCC(F)(F)F)cn1. The van der Waals surface area contributed by atoms with E-state index in [0.717, 1.165) is 22.9 Å². The van der Waals surface area contributed by atoms with E-state index in [1.165, 1.54) is 12.3 Å². The minimum atomic E-state index is -4.40. The van der Waals surface area contributed by atoms with Crippen LogP contribution in [0.1, 0.15) is 36.7 Å². The van der Waals surface area contributed by atoms with E-state index in [1.807, 2.05) is 36.5 Å². The van der Waals surface area contributed by atoms with Crippen LogP contribution in [0.15, 0.2) is 54.9 Å². The third kappa shape index (κ3) is 4.69. The number of benzene rings is 1. The van der Waals surface area contributed by atoms with Crippen molar-refractivity contribution >= 4 is 16.7 Å². The first-order chi connectivity index (χ1) is 14.3. The Hall–Kier alpha value is -3.16. The van der Waals surface area contributed by atoms with E-state index in [9.17, 15) is 18.0 Å². The summed E-state index contributed by atoms with van der Waals surface area (Å²) in [6.07, 6.45) is -0.613. The van der Waals surface area contributed by atoms with Crippen LogP contribution in [0.3, 0.4) is 0 Å². The highest BCUT2D eigenvalue weighted by molar-refractivity contribution is 5.85. The number of nitrogens with zero attached hydrogens (tertiary/aromatic N) is 2. The standard InChI is InChI=1S/C22H20F3N3O2/c1-13(19-7-6-16(11-27-19)30-12-22(23,24)25)28-21(29)18-9-17(18)20-8-14-4-2-3-5-15(14)10-26-20/h2-8,10-11,13,17-18H,9,12H2,1H3,(H,28,29)/t13-,17?,18?/m1/s1. The molecule has 30 heavy (non-hydrogen) atoms. The van der Waals surface area contributed by atoms with Crippen LogP contribution in [0.2, 0.25) is 0 Å². The van der Waals surface area contributed by atoms with Crippen LogP contribution in [0.4, 0.5) is 13.2 Å². The van der Waals surface area contributed by atoms with Gasteiger partial charge in [-0.2, -0.15) is 13.2 Å². The second-order valence-corrected chi connectivity index (χ2v) is 7.46. The molecule has 0 saturated heterocycles. The molecule has 1 saturated carbocycles. The van der Waals surface area contributed by atoms with Crippen molar-refractivity contribution in [2.45, 2.75) is 31.5 Å². The fourth-order valence-electron chi connectivity index (χ4n) is 3.41. The van der Waals surface area contributed by atoms with Crippen molar-refractivity contribution in [1.82, 2.24) is 15.3 Å². The summed E-state index contributed by atoms with van der Waals surface area (Å²) in [5.74, 6) is -0.107. The average molecular weight is 415 g/mol. The Morgan fingerprint density at radius 3 is 2.63 bits per heavy atom. The van der Waals surface area contributed by atoms with Gasteiger partial charge < -0.3 is 10.1 Å². The van der Waals surface area contributed by atoms with E-state index in [2.05, 4.69) is 20.0 Å². The molecular weight excluding hydrogens is 395 g/mol. The number of alkyl halides is 3. The Bertz CT molecular complexity index is 1050. The first kappa shape index (κ1) is 20.1. The number of hydrogen-bond acceptors (Lipinski definition) is 4. The molecule has 1 aliphatic rings. The molecule has 0 aliphatic heterocycles. The maximum absolute atomic E-state index is 12.6. The van der Waals surface area contributed by atoms with Crippen molar-refractivity contribution in [2.75, 3.05) is 6.61 Å². The minimum Gasteiger partial charge on any atom is -0.483 e. The van der Waals surface area contributed by atoms with Gasteiger partial charge in [0.25, 0.3) is 0 Å². The molecular formula is C22H20F3N3O2. The van der Waals surface area contributed by atoms with Gasteiger partial charge in [-0.1, -0.05) is 24.3 Å². The maximum Gasteiger partial charge on any atom is 0.422 e. The molecule has 8 heteroatoms. The lowest BCUT2D eigenvalue weighted by Crippen LogP contribution is -2.29. The lowest BCUT2D eigenvalue weighted by Gasteiger charge is -2.14. The van der Waals surface area contributed by atoms with E-state index in [-0.39, 0.29) is 29.5 Å². The van der Waals surface area contributed by atoms with Crippen molar-refractivity contribution in [1.29, 1.82) is 0 Å². The lowest BCUT2D eigenvalue weighted by molar-refractivity contribution is -0.153. The van der Waals surface area contributed by atoms with E-state index in [4.69, 9.17) is 0 Å². The summed E-state index contributed by atoms with van der Waals surface area (Å²) in [6, 6.07) is 12.6. The number of nitrogens with one attached hydrogen (secondary N) is 1. The zero-order valence-corrected chi connectivity index (χ0v) is 16.2. The second kappa shape index (κ2) is 7.93. The lowest BCUT2D eigenvalue weighted by atomic mass is 10.1. The summed E-state index contributed by atoms with van der Waals surface area (Å²) < 4.78 is 41.3. The summed E-state index contributed by atoms with van der Waals surface area (Å²) in [5.41, 5.74) is 1.45. The van der Waals surface area contributed by atoms with Crippen LogP contribution in [-0.4, -0.2) is 28.7 Å². The fraction of sp³-hybridized carbons (Fsp3) is 0.318. The summed E-state index contributed by atoms with van der Waals surface area (Å²) in [5, 5.41) is 5.08. The van der Waals surface area contributed by atoms with E-state index < -0.39 is 12.8 Å². The molecule has 156 valence electrons. The zero-order valence-electron chi connectivity index (χ0n) is 16.2. The quantitative estimate of drug-likeness (QED) is 0.642. The van der Waals surface area contributed by atoms with Crippen LogP contribution in [0.5, 0.6) is 5.75 Å². The molecule has 1 amide bonds. The van der Waals surface area contributed by atoms with Crippen LogP contribution >= 0.6 is 0 Å². The number of halogens is 3. The Labute approximate surface area is 171 Å². The third-order valence-corrected chi connectivity index (χ3v) is 5.12. The van der Waals surface area contributed by atoms with Gasteiger partial charge in [-0.25, -0.2) is 0 Å². The van der Waals surface area contributed by atoms with Crippen LogP contribution in [-0.2, 0) is 4.79 Å². The molecule has 2 unspecified atom stereocenters. The van der Waals surface area contributed by atoms with Gasteiger partial charge in [0.15, 0.2) is 6.61 Å². The summed E-state index contributed by atoms with van der Waals surface area (Å²) in [4.78, 5) is 21.2. The van der Waals surface area contributed by atoms with Crippen molar-refractivity contribution < 1.29 is 22.7 Å². The number of carbonyl (C=O) groups is 1. The van der Waals surface area contributed by atoms with Crippen LogP contribution < -0.4 is 10.1 Å². The number of amides is 1. The Morgan fingerprint density at radius 2 is 1.93 bits per heavy atom. The van der Waals surface area contributed by atoms with Crippen molar-refractivity contribution in [3.63, 3.8) is 0 Å². The fourth-order valence-corrected chi connectivity index (χ4v) is 3.41. The smallest absolute Gasteiger partial charge is 0.422 e. The van der Waals surface area contributed by atoms with E-state index in [0.29, 0.717) is 5.69 Å². The molecule has 1 aromatic carbocycles. The average Bonchev–Trinajstić information content (AvgIpc) is 3.53. The molecule has 0 spiro atoms. The van der Waals surface area contributed by atoms with Crippen LogP contribution in [0.25, 0.3) is 10.8 Å². The number of pyridine rings is 2. The number of rotatable bonds is 6. The summed E-state index contributed by atoms with van der Waals surface area (Å²) >= 11 is 0. The number of hydrogen-bond donors (Lipinski definition) is 1. The van der Waals surface area contributed by atoms with Gasteiger partial charge >= 0.3 is 6.18 Å². The molecule has 2 aromatic heterocycles. The van der Waals surface area contributed by atoms with Crippen molar-refractivity contribution in [3.05, 3.63) is 66.2 Å². The minimum absolute atomic E-state index is 0.0271. The molecule has 2 heterocycles. The van der Waals surface area contributed by atoms with Gasteiger partial charge in [0, 0.05) is 29.1 Å². The first-order valence-corrected chi connectivity index (χ1v) is 9.61. The van der Waals surface area contributed by atoms with Gasteiger partial charge in [-0.05, 0) is 36.9 Å². The van der Waals surface area contributed by atoms with E-state index in [1.54, 1.807) is 13.0 Å². The Morgan fingerprint density at radius 1 is 1.17 bits per heavy atom. The number of carbonyl (C=O) groups excluding carboxylic acids is 1. The number of ether oxygens (including phenoxy) is 1. The summed E-state index contributed by atoms with van der Waals surface area (Å²) in [6.45, 7) is 0.411. The van der Waals surface area contributed by atoms with Gasteiger partial charge in [0.2, 0.25) is 5.91 Å². The molecule has 0 bridgehead atoms. The molecule has 1 aliphatic carbocycles. The molecule has 5 nitrogen and oxygen atoms in total. The van der Waals surface area contributed by atoms with Gasteiger partial charge in [-0.3, -0.25) is 14.8 Å². The number of fused-ring (bicyclic) bond motifs is 1. The highest BCUT2D eigenvalue weighted by atomic mass is 19.4. The topological polar surface area (TPSA) is 64.1 Å².